The van der Waals surface area contributed by atoms with Crippen LogP contribution >= 0.6 is 23.2 Å². The Labute approximate surface area is 126 Å². The first-order chi connectivity index (χ1) is 9.42. The Kier molecular flexibility index (Phi) is 4.54. The highest BCUT2D eigenvalue weighted by molar-refractivity contribution is 7.92. The van der Waals surface area contributed by atoms with E-state index in [2.05, 4.69) is 9.82 Å². The molecule has 0 unspecified atom stereocenters. The lowest BCUT2D eigenvalue weighted by Crippen LogP contribution is -2.13. The van der Waals surface area contributed by atoms with E-state index in [0.717, 1.165) is 0 Å². The molecule has 0 fully saturated rings. The molecule has 0 aliphatic heterocycles. The lowest BCUT2D eigenvalue weighted by molar-refractivity contribution is 0.269. The van der Waals surface area contributed by atoms with Gasteiger partial charge in [0.1, 0.15) is 4.90 Å². The molecule has 2 rings (SSSR count). The van der Waals surface area contributed by atoms with Crippen LogP contribution in [0.3, 0.4) is 0 Å². The summed E-state index contributed by atoms with van der Waals surface area (Å²) in [6.45, 7) is 0.188. The van der Waals surface area contributed by atoms with Crippen molar-refractivity contribution in [2.75, 3.05) is 11.3 Å². The summed E-state index contributed by atoms with van der Waals surface area (Å²) in [6, 6.07) is 4.18. The minimum atomic E-state index is -3.85. The first kappa shape index (κ1) is 15.1. The Balaban J connectivity index is 2.28. The molecule has 20 heavy (non-hydrogen) atoms. The van der Waals surface area contributed by atoms with Gasteiger partial charge in [-0.1, -0.05) is 23.2 Å². The average Bonchev–Trinajstić information content (AvgIpc) is 2.79. The van der Waals surface area contributed by atoms with Crippen LogP contribution < -0.4 is 4.72 Å². The molecule has 2 N–H and O–H groups in total. The summed E-state index contributed by atoms with van der Waals surface area (Å²) in [5.41, 5.74) is 0.273. The molecule has 2 aromatic rings. The molecule has 0 aliphatic carbocycles. The number of hydrogen-bond donors (Lipinski definition) is 2. The van der Waals surface area contributed by atoms with E-state index in [1.165, 1.54) is 35.3 Å². The number of nitrogens with one attached hydrogen (secondary N) is 1. The number of aliphatic hydroxyl groups is 1. The van der Waals surface area contributed by atoms with Crippen LogP contribution in [-0.4, -0.2) is 29.9 Å². The van der Waals surface area contributed by atoms with E-state index in [4.69, 9.17) is 28.3 Å². The van der Waals surface area contributed by atoms with Crippen LogP contribution in [0.25, 0.3) is 0 Å². The summed E-state index contributed by atoms with van der Waals surface area (Å²) in [6.07, 6.45) is 2.80. The second-order valence-electron chi connectivity index (χ2n) is 3.90. The fraction of sp³-hybridized carbons (Fsp3) is 0.182. The van der Waals surface area contributed by atoms with Gasteiger partial charge in [0.15, 0.2) is 0 Å². The zero-order chi connectivity index (χ0) is 14.8. The van der Waals surface area contributed by atoms with Crippen molar-refractivity contribution in [2.24, 2.45) is 0 Å². The monoisotopic (exact) mass is 335 g/mol. The Morgan fingerprint density at radius 1 is 1.35 bits per heavy atom. The highest BCUT2D eigenvalue weighted by Gasteiger charge is 2.19. The largest absolute Gasteiger partial charge is 0.394 e. The molecular formula is C11H11Cl2N3O3S. The van der Waals surface area contributed by atoms with Gasteiger partial charge in [0.05, 0.1) is 30.1 Å². The normalized spacial score (nSPS) is 11.6. The van der Waals surface area contributed by atoms with Crippen LogP contribution in [0, 0.1) is 0 Å². The molecule has 6 nitrogen and oxygen atoms in total. The molecule has 9 heteroatoms. The topological polar surface area (TPSA) is 84.2 Å². The quantitative estimate of drug-likeness (QED) is 0.874. The van der Waals surface area contributed by atoms with Crippen molar-refractivity contribution in [3.63, 3.8) is 0 Å². The van der Waals surface area contributed by atoms with Crippen LogP contribution in [0.15, 0.2) is 35.5 Å². The minimum Gasteiger partial charge on any atom is -0.394 e. The molecule has 1 heterocycles. The summed E-state index contributed by atoms with van der Waals surface area (Å²) >= 11 is 11.6. The van der Waals surface area contributed by atoms with Gasteiger partial charge in [0.2, 0.25) is 0 Å². The standard InChI is InChI=1S/C11H11Cl2N3O3S/c12-8-1-2-10(13)11(5-8)20(18,19)15-9-6-14-16(7-9)3-4-17/h1-2,5-7,15,17H,3-4H2. The number of hydrogen-bond acceptors (Lipinski definition) is 4. The minimum absolute atomic E-state index is 0.0738. The Hall–Kier alpha value is -1.28. The molecule has 0 spiro atoms. The molecule has 0 amide bonds. The summed E-state index contributed by atoms with van der Waals surface area (Å²) in [5.74, 6) is 0. The van der Waals surface area contributed by atoms with E-state index < -0.39 is 10.0 Å². The first-order valence-electron chi connectivity index (χ1n) is 5.53. The third-order valence-corrected chi connectivity index (χ3v) is 4.50. The number of rotatable bonds is 5. The Morgan fingerprint density at radius 3 is 2.80 bits per heavy atom. The zero-order valence-electron chi connectivity index (χ0n) is 10.1. The molecule has 0 bridgehead atoms. The summed E-state index contributed by atoms with van der Waals surface area (Å²) in [7, 11) is -3.85. The Morgan fingerprint density at radius 2 is 2.10 bits per heavy atom. The third kappa shape index (κ3) is 3.43. The van der Waals surface area contributed by atoms with E-state index in [1.54, 1.807) is 0 Å². The van der Waals surface area contributed by atoms with Crippen LogP contribution in [0.1, 0.15) is 0 Å². The highest BCUT2D eigenvalue weighted by Crippen LogP contribution is 2.26. The smallest absolute Gasteiger partial charge is 0.263 e. The van der Waals surface area contributed by atoms with Crippen molar-refractivity contribution in [3.8, 4) is 0 Å². The van der Waals surface area contributed by atoms with E-state index in [0.29, 0.717) is 0 Å². The van der Waals surface area contributed by atoms with Gasteiger partial charge in [-0.2, -0.15) is 5.10 Å². The first-order valence-corrected chi connectivity index (χ1v) is 7.77. The molecule has 0 aliphatic rings. The molecule has 1 aromatic heterocycles. The van der Waals surface area contributed by atoms with Gasteiger partial charge in [-0.25, -0.2) is 8.42 Å². The van der Waals surface area contributed by atoms with Crippen molar-refractivity contribution in [2.45, 2.75) is 11.4 Å². The number of benzene rings is 1. The predicted molar refractivity (Wildman–Crippen MR) is 76.6 cm³/mol. The number of sulfonamides is 1. The second kappa shape index (κ2) is 6.01. The number of anilines is 1. The van der Waals surface area contributed by atoms with Crippen LogP contribution in [0.4, 0.5) is 5.69 Å². The zero-order valence-corrected chi connectivity index (χ0v) is 12.5. The fourth-order valence-electron chi connectivity index (χ4n) is 1.53. The van der Waals surface area contributed by atoms with E-state index in [9.17, 15) is 8.42 Å². The molecule has 0 radical (unpaired) electrons. The second-order valence-corrected chi connectivity index (χ2v) is 6.39. The molecular weight excluding hydrogens is 325 g/mol. The lowest BCUT2D eigenvalue weighted by Gasteiger charge is -2.08. The van der Waals surface area contributed by atoms with Gasteiger partial charge in [-0.05, 0) is 18.2 Å². The number of aromatic nitrogens is 2. The summed E-state index contributed by atoms with van der Waals surface area (Å²) in [5, 5.41) is 13.0. The molecule has 1 aromatic carbocycles. The van der Waals surface area contributed by atoms with Gasteiger partial charge in [0.25, 0.3) is 10.0 Å². The predicted octanol–water partition coefficient (Wildman–Crippen LogP) is 1.98. The van der Waals surface area contributed by atoms with Crippen molar-refractivity contribution < 1.29 is 13.5 Å². The van der Waals surface area contributed by atoms with Gasteiger partial charge in [-0.15, -0.1) is 0 Å². The maximum atomic E-state index is 12.2. The third-order valence-electron chi connectivity index (χ3n) is 2.40. The van der Waals surface area contributed by atoms with Crippen molar-refractivity contribution in [1.29, 1.82) is 0 Å². The molecule has 108 valence electrons. The van der Waals surface area contributed by atoms with Crippen molar-refractivity contribution in [3.05, 3.63) is 40.6 Å². The SMILES string of the molecule is O=S(=O)(Nc1cnn(CCO)c1)c1cc(Cl)ccc1Cl. The summed E-state index contributed by atoms with van der Waals surface area (Å²) in [4.78, 5) is -0.110. The van der Waals surface area contributed by atoms with E-state index in [1.807, 2.05) is 0 Å². The highest BCUT2D eigenvalue weighted by atomic mass is 35.5. The van der Waals surface area contributed by atoms with Gasteiger partial charge < -0.3 is 5.11 Å². The maximum absolute atomic E-state index is 12.2. The van der Waals surface area contributed by atoms with Gasteiger partial charge in [-0.3, -0.25) is 9.40 Å². The lowest BCUT2D eigenvalue weighted by atomic mass is 10.4. The average molecular weight is 336 g/mol. The van der Waals surface area contributed by atoms with Crippen molar-refractivity contribution >= 4 is 38.9 Å². The van der Waals surface area contributed by atoms with E-state index in [-0.39, 0.29) is 33.8 Å². The number of nitrogens with zero attached hydrogens (tertiary/aromatic N) is 2. The Bertz CT molecular complexity index is 715. The maximum Gasteiger partial charge on any atom is 0.263 e. The fourth-order valence-corrected chi connectivity index (χ4v) is 3.33. The molecule has 0 saturated carbocycles. The summed E-state index contributed by atoms with van der Waals surface area (Å²) < 4.78 is 28.2. The van der Waals surface area contributed by atoms with E-state index >= 15 is 0 Å². The van der Waals surface area contributed by atoms with Gasteiger partial charge in [0, 0.05) is 11.2 Å². The van der Waals surface area contributed by atoms with Crippen LogP contribution in [0.5, 0.6) is 0 Å². The van der Waals surface area contributed by atoms with Crippen LogP contribution in [0.2, 0.25) is 10.0 Å². The molecule has 0 saturated heterocycles. The van der Waals surface area contributed by atoms with Gasteiger partial charge >= 0.3 is 0 Å². The van der Waals surface area contributed by atoms with Crippen molar-refractivity contribution in [1.82, 2.24) is 9.78 Å². The van der Waals surface area contributed by atoms with Crippen LogP contribution in [-0.2, 0) is 16.6 Å². The number of halogens is 2. The number of aliphatic hydroxyl groups excluding tert-OH is 1. The molecule has 0 atom stereocenters.